The summed E-state index contributed by atoms with van der Waals surface area (Å²) in [6.45, 7) is 0. The Morgan fingerprint density at radius 3 is 2.35 bits per heavy atom. The molecule has 1 heterocycles. The summed E-state index contributed by atoms with van der Waals surface area (Å²) in [6, 6.07) is 18.5. The van der Waals surface area contributed by atoms with Gasteiger partial charge in [-0.2, -0.15) is 0 Å². The second kappa shape index (κ2) is 4.98. The van der Waals surface area contributed by atoms with Crippen molar-refractivity contribution in [2.45, 2.75) is 5.03 Å². The number of rotatable bonds is 3. The first kappa shape index (κ1) is 12.7. The van der Waals surface area contributed by atoms with Gasteiger partial charge in [-0.1, -0.05) is 48.5 Å². The topological polar surface area (TPSA) is 49.9 Å². The Balaban J connectivity index is 1.97. The van der Waals surface area contributed by atoms with Crippen LogP contribution in [0, 0.1) is 0 Å². The minimum absolute atomic E-state index is 0.214. The van der Waals surface area contributed by atoms with Crippen molar-refractivity contribution in [2.75, 3.05) is 0 Å². The van der Waals surface area contributed by atoms with Gasteiger partial charge in [-0.25, -0.2) is 8.42 Å². The molecule has 1 aromatic heterocycles. The van der Waals surface area contributed by atoms with E-state index in [1.165, 1.54) is 5.41 Å². The van der Waals surface area contributed by atoms with E-state index in [-0.39, 0.29) is 5.03 Å². The molecule has 0 bridgehead atoms. The fraction of sp³-hybridized carbons (Fsp3) is 0. The number of nitrogens with one attached hydrogen (secondary N) is 1. The number of benzene rings is 2. The van der Waals surface area contributed by atoms with Gasteiger partial charge in [0.05, 0.1) is 0 Å². The van der Waals surface area contributed by atoms with Gasteiger partial charge in [0.15, 0.2) is 0 Å². The predicted octanol–water partition coefficient (Wildman–Crippen LogP) is 3.61. The van der Waals surface area contributed by atoms with Crippen LogP contribution in [-0.4, -0.2) is 13.4 Å². The molecule has 2 aromatic carbocycles. The van der Waals surface area contributed by atoms with Crippen LogP contribution in [0.2, 0.25) is 0 Å². The molecule has 0 saturated heterocycles. The highest BCUT2D eigenvalue weighted by atomic mass is 32.2. The Labute approximate surface area is 117 Å². The third-order valence-electron chi connectivity index (χ3n) is 3.05. The highest BCUT2D eigenvalue weighted by Crippen LogP contribution is 2.20. The average Bonchev–Trinajstić information content (AvgIpc) is 2.91. The maximum Gasteiger partial charge on any atom is 0.215 e. The number of sulfone groups is 1. The molecule has 0 unspecified atom stereocenters. The van der Waals surface area contributed by atoms with Crippen molar-refractivity contribution < 1.29 is 8.42 Å². The van der Waals surface area contributed by atoms with Gasteiger partial charge in [0, 0.05) is 16.3 Å². The van der Waals surface area contributed by atoms with Crippen LogP contribution in [0.15, 0.2) is 71.1 Å². The van der Waals surface area contributed by atoms with Gasteiger partial charge in [0.2, 0.25) is 9.84 Å². The molecule has 3 nitrogen and oxygen atoms in total. The number of aromatic amines is 1. The zero-order chi connectivity index (χ0) is 14.0. The zero-order valence-corrected chi connectivity index (χ0v) is 11.5. The standard InChI is InChI=1S/C16H13NO2S/c18-20(19,11-10-13-6-2-1-3-7-13)16-12-14-8-4-5-9-15(14)17-16/h1-12,17H. The van der Waals surface area contributed by atoms with Crippen molar-refractivity contribution in [3.8, 4) is 0 Å². The molecule has 1 N–H and O–H groups in total. The lowest BCUT2D eigenvalue weighted by Crippen LogP contribution is -1.95. The Bertz CT molecular complexity index is 829. The lowest BCUT2D eigenvalue weighted by Gasteiger charge is -1.95. The maximum atomic E-state index is 12.3. The largest absolute Gasteiger partial charge is 0.345 e. The van der Waals surface area contributed by atoms with Crippen LogP contribution in [-0.2, 0) is 9.84 Å². The van der Waals surface area contributed by atoms with E-state index in [9.17, 15) is 8.42 Å². The molecule has 0 spiro atoms. The van der Waals surface area contributed by atoms with E-state index in [4.69, 9.17) is 0 Å². The van der Waals surface area contributed by atoms with Gasteiger partial charge >= 0.3 is 0 Å². The number of hydrogen-bond acceptors (Lipinski definition) is 2. The predicted molar refractivity (Wildman–Crippen MR) is 81.0 cm³/mol. The second-order valence-electron chi connectivity index (χ2n) is 4.48. The van der Waals surface area contributed by atoms with Gasteiger partial charge in [0.1, 0.15) is 5.03 Å². The molecule has 0 radical (unpaired) electrons. The van der Waals surface area contributed by atoms with E-state index in [0.717, 1.165) is 16.5 Å². The first-order valence-electron chi connectivity index (χ1n) is 6.21. The lowest BCUT2D eigenvalue weighted by atomic mass is 10.2. The fourth-order valence-electron chi connectivity index (χ4n) is 2.01. The summed E-state index contributed by atoms with van der Waals surface area (Å²) >= 11 is 0. The van der Waals surface area contributed by atoms with E-state index >= 15 is 0 Å². The van der Waals surface area contributed by atoms with Crippen LogP contribution in [0.5, 0.6) is 0 Å². The van der Waals surface area contributed by atoms with Crippen LogP contribution in [0.3, 0.4) is 0 Å². The molecular formula is C16H13NO2S. The molecule has 0 aliphatic carbocycles. The molecule has 20 heavy (non-hydrogen) atoms. The van der Waals surface area contributed by atoms with Crippen LogP contribution < -0.4 is 0 Å². The summed E-state index contributed by atoms with van der Waals surface area (Å²) in [4.78, 5) is 2.93. The Morgan fingerprint density at radius 2 is 1.60 bits per heavy atom. The quantitative estimate of drug-likeness (QED) is 0.798. The molecule has 0 fully saturated rings. The van der Waals surface area contributed by atoms with E-state index in [0.29, 0.717) is 0 Å². The molecular weight excluding hydrogens is 270 g/mol. The number of fused-ring (bicyclic) bond motifs is 1. The minimum atomic E-state index is -3.46. The highest BCUT2D eigenvalue weighted by molar-refractivity contribution is 7.94. The minimum Gasteiger partial charge on any atom is -0.345 e. The van der Waals surface area contributed by atoms with Crippen molar-refractivity contribution in [3.63, 3.8) is 0 Å². The van der Waals surface area contributed by atoms with Gasteiger partial charge in [-0.3, -0.25) is 0 Å². The molecule has 0 saturated carbocycles. The van der Waals surface area contributed by atoms with Crippen LogP contribution >= 0.6 is 0 Å². The number of hydrogen-bond donors (Lipinski definition) is 1. The van der Waals surface area contributed by atoms with E-state index < -0.39 is 9.84 Å². The summed E-state index contributed by atoms with van der Waals surface area (Å²) in [7, 11) is -3.46. The molecule has 4 heteroatoms. The zero-order valence-electron chi connectivity index (χ0n) is 10.7. The third kappa shape index (κ3) is 2.51. The SMILES string of the molecule is O=S(=O)(C=Cc1ccccc1)c1cc2ccccc2[nH]1. The van der Waals surface area contributed by atoms with Gasteiger partial charge < -0.3 is 4.98 Å². The second-order valence-corrected chi connectivity index (χ2v) is 6.28. The van der Waals surface area contributed by atoms with Crippen molar-refractivity contribution in [2.24, 2.45) is 0 Å². The fourth-order valence-corrected chi connectivity index (χ4v) is 3.03. The van der Waals surface area contributed by atoms with Crippen molar-refractivity contribution >= 4 is 26.8 Å². The average molecular weight is 283 g/mol. The molecule has 3 aromatic rings. The first-order chi connectivity index (χ1) is 9.65. The molecule has 0 atom stereocenters. The van der Waals surface area contributed by atoms with Crippen LogP contribution in [0.1, 0.15) is 5.56 Å². The first-order valence-corrected chi connectivity index (χ1v) is 7.76. The number of para-hydroxylation sites is 1. The van der Waals surface area contributed by atoms with Crippen LogP contribution in [0.4, 0.5) is 0 Å². The molecule has 0 aliphatic heterocycles. The molecule has 3 rings (SSSR count). The molecule has 0 amide bonds. The van der Waals surface area contributed by atoms with Gasteiger partial charge in [0.25, 0.3) is 0 Å². The molecule has 100 valence electrons. The Morgan fingerprint density at radius 1 is 0.900 bits per heavy atom. The van der Waals surface area contributed by atoms with Crippen molar-refractivity contribution in [3.05, 3.63) is 71.6 Å². The van der Waals surface area contributed by atoms with Gasteiger partial charge in [-0.05, 0) is 23.8 Å². The number of H-pyrrole nitrogens is 1. The van der Waals surface area contributed by atoms with E-state index in [1.54, 1.807) is 12.1 Å². The summed E-state index contributed by atoms with van der Waals surface area (Å²) in [5.41, 5.74) is 1.67. The summed E-state index contributed by atoms with van der Waals surface area (Å²) in [5, 5.41) is 2.33. The Hall–Kier alpha value is -2.33. The monoisotopic (exact) mass is 283 g/mol. The molecule has 0 aliphatic rings. The van der Waals surface area contributed by atoms with E-state index in [2.05, 4.69) is 4.98 Å². The van der Waals surface area contributed by atoms with Crippen LogP contribution in [0.25, 0.3) is 17.0 Å². The highest BCUT2D eigenvalue weighted by Gasteiger charge is 2.13. The van der Waals surface area contributed by atoms with E-state index in [1.807, 2.05) is 54.6 Å². The van der Waals surface area contributed by atoms with Crippen molar-refractivity contribution in [1.82, 2.24) is 4.98 Å². The normalized spacial score (nSPS) is 12.2. The number of aromatic nitrogens is 1. The Kier molecular flexibility index (Phi) is 3.16. The summed E-state index contributed by atoms with van der Waals surface area (Å²) in [6.07, 6.45) is 1.60. The lowest BCUT2D eigenvalue weighted by molar-refractivity contribution is 0.602. The summed E-state index contributed by atoms with van der Waals surface area (Å²) < 4.78 is 24.5. The van der Waals surface area contributed by atoms with Gasteiger partial charge in [-0.15, -0.1) is 0 Å². The smallest absolute Gasteiger partial charge is 0.215 e. The third-order valence-corrected chi connectivity index (χ3v) is 4.38. The summed E-state index contributed by atoms with van der Waals surface area (Å²) in [5.74, 6) is 0. The maximum absolute atomic E-state index is 12.3. The van der Waals surface area contributed by atoms with Crippen molar-refractivity contribution in [1.29, 1.82) is 0 Å².